The Morgan fingerprint density at radius 1 is 0.871 bits per heavy atom. The quantitative estimate of drug-likeness (QED) is 0.367. The summed E-state index contributed by atoms with van der Waals surface area (Å²) in [7, 11) is 0. The van der Waals surface area contributed by atoms with Crippen molar-refractivity contribution < 1.29 is 4.79 Å². The molecule has 5 aromatic rings. The van der Waals surface area contributed by atoms with Crippen LogP contribution in [0.1, 0.15) is 5.56 Å². The number of nitrogens with zero attached hydrogens (tertiary/aromatic N) is 4. The smallest absolute Gasteiger partial charge is 0.249 e. The third kappa shape index (κ3) is 4.11. The van der Waals surface area contributed by atoms with E-state index in [9.17, 15) is 4.79 Å². The van der Waals surface area contributed by atoms with Crippen molar-refractivity contribution in [3.8, 4) is 11.1 Å². The minimum absolute atomic E-state index is 0.0330. The Labute approximate surface area is 184 Å². The maximum absolute atomic E-state index is 13.4. The fraction of sp³-hybridized carbons (Fsp3) is 0.0800. The van der Waals surface area contributed by atoms with Gasteiger partial charge < -0.3 is 4.90 Å². The minimum atomic E-state index is -0.0330. The van der Waals surface area contributed by atoms with Gasteiger partial charge in [0.15, 0.2) is 0 Å². The summed E-state index contributed by atoms with van der Waals surface area (Å²) in [6, 6.07) is 28.1. The standard InChI is InChI=1S/C25H20N4OS/c30-25(17-29-24-9-5-4-8-23(24)26-27-29)28(16-19-14-15-31-18-19)22-12-10-21(11-13-22)20-6-2-1-3-7-20/h1-15,18H,16-17H2. The number of hydrogen-bond donors (Lipinski definition) is 0. The second-order valence-electron chi connectivity index (χ2n) is 7.26. The van der Waals surface area contributed by atoms with Crippen molar-refractivity contribution in [1.82, 2.24) is 15.0 Å². The van der Waals surface area contributed by atoms with Gasteiger partial charge in [-0.05, 0) is 57.8 Å². The van der Waals surface area contributed by atoms with Crippen molar-refractivity contribution in [3.05, 3.63) is 101 Å². The lowest BCUT2D eigenvalue weighted by molar-refractivity contribution is -0.119. The van der Waals surface area contributed by atoms with Crippen LogP contribution in [-0.2, 0) is 17.9 Å². The molecule has 0 aliphatic rings. The first kappa shape index (κ1) is 19.2. The molecule has 2 heterocycles. The largest absolute Gasteiger partial charge is 0.306 e. The van der Waals surface area contributed by atoms with E-state index < -0.39 is 0 Å². The lowest BCUT2D eigenvalue weighted by Crippen LogP contribution is -2.33. The number of fused-ring (bicyclic) bond motifs is 1. The number of carbonyl (C=O) groups excluding carboxylic acids is 1. The second-order valence-corrected chi connectivity index (χ2v) is 8.04. The van der Waals surface area contributed by atoms with Crippen LogP contribution >= 0.6 is 11.3 Å². The molecule has 0 saturated heterocycles. The van der Waals surface area contributed by atoms with Gasteiger partial charge in [0.2, 0.25) is 5.91 Å². The molecule has 0 bridgehead atoms. The molecule has 0 saturated carbocycles. The van der Waals surface area contributed by atoms with Crippen LogP contribution in [0, 0.1) is 0 Å². The molecule has 0 atom stereocenters. The molecule has 31 heavy (non-hydrogen) atoms. The van der Waals surface area contributed by atoms with E-state index in [-0.39, 0.29) is 12.5 Å². The number of rotatable bonds is 6. The number of benzene rings is 3. The summed E-state index contributed by atoms with van der Waals surface area (Å²) in [4.78, 5) is 15.2. The summed E-state index contributed by atoms with van der Waals surface area (Å²) < 4.78 is 1.66. The molecule has 0 unspecified atom stereocenters. The van der Waals surface area contributed by atoms with E-state index in [1.807, 2.05) is 70.9 Å². The van der Waals surface area contributed by atoms with Crippen molar-refractivity contribution in [1.29, 1.82) is 0 Å². The Kier molecular flexibility index (Phi) is 5.29. The molecule has 5 nitrogen and oxygen atoms in total. The normalized spacial score (nSPS) is 11.0. The third-order valence-electron chi connectivity index (χ3n) is 5.21. The fourth-order valence-electron chi connectivity index (χ4n) is 3.60. The molecule has 0 fully saturated rings. The summed E-state index contributed by atoms with van der Waals surface area (Å²) in [6.45, 7) is 0.644. The Morgan fingerprint density at radius 3 is 2.39 bits per heavy atom. The SMILES string of the molecule is O=C(Cn1nnc2ccccc21)N(Cc1ccsc1)c1ccc(-c2ccccc2)cc1. The molecule has 6 heteroatoms. The first-order valence-electron chi connectivity index (χ1n) is 10.0. The Bertz CT molecular complexity index is 1290. The number of aromatic nitrogens is 3. The Hall–Kier alpha value is -3.77. The van der Waals surface area contributed by atoms with E-state index in [1.54, 1.807) is 16.0 Å². The fourth-order valence-corrected chi connectivity index (χ4v) is 4.26. The monoisotopic (exact) mass is 424 g/mol. The second kappa shape index (κ2) is 8.53. The van der Waals surface area contributed by atoms with E-state index >= 15 is 0 Å². The lowest BCUT2D eigenvalue weighted by Gasteiger charge is -2.23. The summed E-state index contributed by atoms with van der Waals surface area (Å²) in [5.74, 6) is -0.0330. The molecule has 0 aliphatic carbocycles. The molecule has 3 aromatic carbocycles. The van der Waals surface area contributed by atoms with Gasteiger partial charge in [0.05, 0.1) is 12.1 Å². The lowest BCUT2D eigenvalue weighted by atomic mass is 10.1. The zero-order valence-electron chi connectivity index (χ0n) is 16.8. The average molecular weight is 425 g/mol. The molecule has 2 aromatic heterocycles. The predicted molar refractivity (Wildman–Crippen MR) is 125 cm³/mol. The molecule has 0 spiro atoms. The highest BCUT2D eigenvalue weighted by atomic mass is 32.1. The van der Waals surface area contributed by atoms with Gasteiger partial charge in [0.1, 0.15) is 12.1 Å². The van der Waals surface area contributed by atoms with E-state index in [1.165, 1.54) is 0 Å². The summed E-state index contributed by atoms with van der Waals surface area (Å²) in [5.41, 5.74) is 5.88. The van der Waals surface area contributed by atoms with Gasteiger partial charge in [0.25, 0.3) is 0 Å². The highest BCUT2D eigenvalue weighted by Gasteiger charge is 2.19. The van der Waals surface area contributed by atoms with Crippen LogP contribution in [0.5, 0.6) is 0 Å². The van der Waals surface area contributed by atoms with Gasteiger partial charge >= 0.3 is 0 Å². The van der Waals surface area contributed by atoms with Crippen molar-refractivity contribution in [2.75, 3.05) is 4.90 Å². The van der Waals surface area contributed by atoms with Crippen LogP contribution in [0.3, 0.4) is 0 Å². The van der Waals surface area contributed by atoms with E-state index in [2.05, 4.69) is 40.0 Å². The molecule has 152 valence electrons. The molecule has 1 amide bonds. The summed E-state index contributed by atoms with van der Waals surface area (Å²) in [5, 5.41) is 12.5. The number of thiophene rings is 1. The van der Waals surface area contributed by atoms with E-state index in [0.29, 0.717) is 6.54 Å². The van der Waals surface area contributed by atoms with Crippen molar-refractivity contribution in [2.24, 2.45) is 0 Å². The van der Waals surface area contributed by atoms with Gasteiger partial charge in [-0.25, -0.2) is 4.68 Å². The highest BCUT2D eigenvalue weighted by Crippen LogP contribution is 2.25. The van der Waals surface area contributed by atoms with Gasteiger partial charge in [-0.3, -0.25) is 4.79 Å². The topological polar surface area (TPSA) is 51.0 Å². The minimum Gasteiger partial charge on any atom is -0.306 e. The molecule has 0 N–H and O–H groups in total. The van der Waals surface area contributed by atoms with Crippen molar-refractivity contribution in [3.63, 3.8) is 0 Å². The molecular formula is C25H20N4OS. The van der Waals surface area contributed by atoms with Gasteiger partial charge in [-0.15, -0.1) is 5.10 Å². The summed E-state index contributed by atoms with van der Waals surface area (Å²) in [6.07, 6.45) is 0. The predicted octanol–water partition coefficient (Wildman–Crippen LogP) is 5.39. The number of amides is 1. The van der Waals surface area contributed by atoms with Gasteiger partial charge in [-0.2, -0.15) is 11.3 Å². The van der Waals surface area contributed by atoms with Crippen molar-refractivity contribution in [2.45, 2.75) is 13.1 Å². The number of carbonyl (C=O) groups is 1. The van der Waals surface area contributed by atoms with Crippen LogP contribution in [0.15, 0.2) is 95.7 Å². The van der Waals surface area contributed by atoms with Crippen LogP contribution in [0.25, 0.3) is 22.2 Å². The van der Waals surface area contributed by atoms with Gasteiger partial charge in [0, 0.05) is 5.69 Å². The molecule has 5 rings (SSSR count). The van der Waals surface area contributed by atoms with E-state index in [0.717, 1.165) is 33.4 Å². The van der Waals surface area contributed by atoms with Crippen LogP contribution in [0.2, 0.25) is 0 Å². The molecular weight excluding hydrogens is 404 g/mol. The Morgan fingerprint density at radius 2 is 1.61 bits per heavy atom. The summed E-state index contributed by atoms with van der Waals surface area (Å²) >= 11 is 1.63. The van der Waals surface area contributed by atoms with Crippen LogP contribution in [-0.4, -0.2) is 20.9 Å². The number of hydrogen-bond acceptors (Lipinski definition) is 4. The number of anilines is 1. The zero-order chi connectivity index (χ0) is 21.0. The van der Waals surface area contributed by atoms with Crippen LogP contribution in [0.4, 0.5) is 5.69 Å². The average Bonchev–Trinajstić information content (AvgIpc) is 3.48. The molecule has 0 aliphatic heterocycles. The maximum Gasteiger partial charge on any atom is 0.249 e. The number of para-hydroxylation sites is 1. The highest BCUT2D eigenvalue weighted by molar-refractivity contribution is 7.07. The molecule has 0 radical (unpaired) electrons. The van der Waals surface area contributed by atoms with E-state index in [4.69, 9.17) is 0 Å². The maximum atomic E-state index is 13.4. The Balaban J connectivity index is 1.44. The van der Waals surface area contributed by atoms with Gasteiger partial charge in [-0.1, -0.05) is 59.8 Å². The third-order valence-corrected chi connectivity index (χ3v) is 5.95. The van der Waals surface area contributed by atoms with Crippen molar-refractivity contribution >= 4 is 34.0 Å². The zero-order valence-corrected chi connectivity index (χ0v) is 17.6. The van der Waals surface area contributed by atoms with Crippen LogP contribution < -0.4 is 4.90 Å². The first-order valence-corrected chi connectivity index (χ1v) is 11.0. The first-order chi connectivity index (χ1) is 15.3.